The monoisotopic (exact) mass is 557 g/mol. The van der Waals surface area contributed by atoms with Gasteiger partial charge in [0, 0.05) is 23.4 Å². The number of ether oxygens (including phenoxy) is 1. The molecule has 39 heavy (non-hydrogen) atoms. The Bertz CT molecular complexity index is 1030. The van der Waals surface area contributed by atoms with E-state index in [1.165, 1.54) is 11.3 Å². The summed E-state index contributed by atoms with van der Waals surface area (Å²) in [5, 5.41) is 16.6. The van der Waals surface area contributed by atoms with Crippen LogP contribution in [0.3, 0.4) is 0 Å². The molecule has 0 aromatic carbocycles. The molecular weight excluding hydrogens is 510 g/mol. The van der Waals surface area contributed by atoms with Gasteiger partial charge in [0.1, 0.15) is 6.10 Å². The van der Waals surface area contributed by atoms with Gasteiger partial charge < -0.3 is 25.4 Å². The molecule has 0 bridgehead atoms. The summed E-state index contributed by atoms with van der Waals surface area (Å²) in [6, 6.07) is 2.11. The second-order valence-electron chi connectivity index (χ2n) is 12.7. The maximum atomic E-state index is 14.1. The lowest BCUT2D eigenvalue weighted by Gasteiger charge is -2.40. The average molecular weight is 558 g/mol. The van der Waals surface area contributed by atoms with Crippen LogP contribution in [0.5, 0.6) is 0 Å². The van der Waals surface area contributed by atoms with Gasteiger partial charge in [-0.05, 0) is 110 Å². The van der Waals surface area contributed by atoms with Crippen LogP contribution in [0.1, 0.15) is 102 Å². The lowest BCUT2D eigenvalue weighted by Crippen LogP contribution is -2.49. The number of rotatable bonds is 6. The van der Waals surface area contributed by atoms with Crippen LogP contribution in [0.2, 0.25) is 0 Å². The molecule has 3 N–H and O–H groups in total. The van der Waals surface area contributed by atoms with E-state index in [-0.39, 0.29) is 48.1 Å². The van der Waals surface area contributed by atoms with Crippen LogP contribution < -0.4 is 15.5 Å². The van der Waals surface area contributed by atoms with Gasteiger partial charge in [-0.3, -0.25) is 4.79 Å². The van der Waals surface area contributed by atoms with Gasteiger partial charge in [0.25, 0.3) is 0 Å². The summed E-state index contributed by atoms with van der Waals surface area (Å²) in [6.45, 7) is 10.2. The standard InChI is InChI=1S/C31H47N3O4S/c1-21-5-7-22(8-6-21)29(36)34(27-19-26(39-28(27)20-35)13-16-31(2,3)4)24-11-9-23(10-12-24)33-30(37)38-25-14-17-32-18-15-25/h19,21-25,32,35H,5-12,14-15,17-18,20H2,1-4H3,(H,33,37). The van der Waals surface area contributed by atoms with E-state index in [0.29, 0.717) is 5.92 Å². The number of alkyl carbamates (subject to hydrolysis) is 1. The number of carbonyl (C=O) groups is 2. The van der Waals surface area contributed by atoms with Gasteiger partial charge in [0.15, 0.2) is 0 Å². The first-order valence-corrected chi connectivity index (χ1v) is 15.7. The van der Waals surface area contributed by atoms with Crippen LogP contribution in [0, 0.1) is 29.1 Å². The van der Waals surface area contributed by atoms with Crippen molar-refractivity contribution in [3.05, 3.63) is 15.8 Å². The van der Waals surface area contributed by atoms with Crippen molar-refractivity contribution in [1.82, 2.24) is 10.6 Å². The predicted octanol–water partition coefficient (Wildman–Crippen LogP) is 5.59. The second-order valence-corrected chi connectivity index (χ2v) is 13.9. The summed E-state index contributed by atoms with van der Waals surface area (Å²) >= 11 is 1.49. The molecule has 0 radical (unpaired) electrons. The molecule has 3 fully saturated rings. The first-order chi connectivity index (χ1) is 18.6. The van der Waals surface area contributed by atoms with Crippen molar-refractivity contribution in [1.29, 1.82) is 0 Å². The molecule has 2 amide bonds. The number of amides is 2. The highest BCUT2D eigenvalue weighted by atomic mass is 32.1. The number of piperidine rings is 1. The molecule has 1 aromatic rings. The summed E-state index contributed by atoms with van der Waals surface area (Å²) in [5.41, 5.74) is 0.698. The maximum absolute atomic E-state index is 14.1. The van der Waals surface area contributed by atoms with Gasteiger partial charge in [0.05, 0.1) is 22.0 Å². The molecule has 2 saturated carbocycles. The van der Waals surface area contributed by atoms with Crippen LogP contribution in [0.15, 0.2) is 6.07 Å². The van der Waals surface area contributed by atoms with Crippen molar-refractivity contribution in [2.45, 2.75) is 117 Å². The summed E-state index contributed by atoms with van der Waals surface area (Å²) in [6.07, 6.45) is 8.58. The Morgan fingerprint density at radius 1 is 1.08 bits per heavy atom. The normalized spacial score (nSPS) is 26.3. The SMILES string of the molecule is CC1CCC(C(=O)N(c2cc(C#CC(C)(C)C)sc2CO)C2CCC(NC(=O)OC3CCNCC3)CC2)CC1. The summed E-state index contributed by atoms with van der Waals surface area (Å²) in [5.74, 6) is 7.45. The number of aliphatic hydroxyl groups is 1. The number of thiophene rings is 1. The van der Waals surface area contributed by atoms with Crippen LogP contribution in [0.4, 0.5) is 10.5 Å². The molecular formula is C31H47N3O4S. The van der Waals surface area contributed by atoms with Gasteiger partial charge in [0.2, 0.25) is 5.91 Å². The highest BCUT2D eigenvalue weighted by Crippen LogP contribution is 2.39. The highest BCUT2D eigenvalue weighted by Gasteiger charge is 2.37. The minimum absolute atomic E-state index is 0.0139. The van der Waals surface area contributed by atoms with Crippen molar-refractivity contribution in [3.8, 4) is 11.8 Å². The van der Waals surface area contributed by atoms with Gasteiger partial charge in [-0.15, -0.1) is 11.3 Å². The predicted molar refractivity (Wildman–Crippen MR) is 157 cm³/mol. The van der Waals surface area contributed by atoms with Gasteiger partial charge in [-0.2, -0.15) is 0 Å². The first-order valence-electron chi connectivity index (χ1n) is 14.9. The zero-order valence-electron chi connectivity index (χ0n) is 24.2. The van der Waals surface area contributed by atoms with Crippen molar-refractivity contribution in [2.75, 3.05) is 18.0 Å². The Kier molecular flexibility index (Phi) is 10.4. The van der Waals surface area contributed by atoms with Crippen molar-refractivity contribution in [2.24, 2.45) is 17.3 Å². The van der Waals surface area contributed by atoms with Gasteiger partial charge >= 0.3 is 6.09 Å². The quantitative estimate of drug-likeness (QED) is 0.397. The summed E-state index contributed by atoms with van der Waals surface area (Å²) < 4.78 is 5.65. The first kappa shape index (κ1) is 29.9. The number of anilines is 1. The van der Waals surface area contributed by atoms with Crippen molar-refractivity contribution >= 4 is 29.0 Å². The largest absolute Gasteiger partial charge is 0.446 e. The summed E-state index contributed by atoms with van der Waals surface area (Å²) in [7, 11) is 0. The third kappa shape index (κ3) is 8.45. The Hall–Kier alpha value is -2.08. The van der Waals surface area contributed by atoms with Crippen LogP contribution in [-0.4, -0.2) is 48.4 Å². The number of hydrogen-bond acceptors (Lipinski definition) is 6. The van der Waals surface area contributed by atoms with Gasteiger partial charge in [-0.1, -0.05) is 18.8 Å². The second kappa shape index (κ2) is 13.5. The lowest BCUT2D eigenvalue weighted by molar-refractivity contribution is -0.124. The van der Waals surface area contributed by atoms with Crippen molar-refractivity contribution < 1.29 is 19.4 Å². The van der Waals surface area contributed by atoms with E-state index in [0.717, 1.165) is 92.7 Å². The van der Waals surface area contributed by atoms with E-state index in [1.807, 2.05) is 11.0 Å². The molecule has 8 heteroatoms. The lowest BCUT2D eigenvalue weighted by atomic mass is 9.81. The van der Waals surface area contributed by atoms with E-state index < -0.39 is 0 Å². The molecule has 3 aliphatic rings. The fourth-order valence-corrected chi connectivity index (χ4v) is 6.85. The zero-order chi connectivity index (χ0) is 28.0. The summed E-state index contributed by atoms with van der Waals surface area (Å²) in [4.78, 5) is 30.3. The molecule has 0 atom stereocenters. The molecule has 1 aromatic heterocycles. The van der Waals surface area contributed by atoms with Crippen molar-refractivity contribution in [3.63, 3.8) is 0 Å². The number of carbonyl (C=O) groups excluding carboxylic acids is 2. The molecule has 1 aliphatic heterocycles. The van der Waals surface area contributed by atoms with Crippen LogP contribution in [-0.2, 0) is 16.1 Å². The Labute approximate surface area is 238 Å². The molecule has 2 heterocycles. The number of hydrogen-bond donors (Lipinski definition) is 3. The molecule has 4 rings (SSSR count). The Morgan fingerprint density at radius 3 is 2.36 bits per heavy atom. The molecule has 0 spiro atoms. The number of nitrogens with one attached hydrogen (secondary N) is 2. The third-order valence-electron chi connectivity index (χ3n) is 8.30. The fourth-order valence-electron chi connectivity index (χ4n) is 5.99. The van der Waals surface area contributed by atoms with E-state index in [2.05, 4.69) is 50.2 Å². The Balaban J connectivity index is 1.48. The molecule has 2 aliphatic carbocycles. The topological polar surface area (TPSA) is 90.9 Å². The van der Waals surface area contributed by atoms with E-state index >= 15 is 0 Å². The molecule has 1 saturated heterocycles. The van der Waals surface area contributed by atoms with E-state index in [1.54, 1.807) is 0 Å². The number of nitrogens with zero attached hydrogens (tertiary/aromatic N) is 1. The average Bonchev–Trinajstić information content (AvgIpc) is 3.32. The Morgan fingerprint density at radius 2 is 1.74 bits per heavy atom. The van der Waals surface area contributed by atoms with Gasteiger partial charge in [-0.25, -0.2) is 4.79 Å². The van der Waals surface area contributed by atoms with E-state index in [9.17, 15) is 14.7 Å². The molecule has 7 nitrogen and oxygen atoms in total. The van der Waals surface area contributed by atoms with Crippen LogP contribution >= 0.6 is 11.3 Å². The molecule has 0 unspecified atom stereocenters. The van der Waals surface area contributed by atoms with Crippen LogP contribution in [0.25, 0.3) is 0 Å². The zero-order valence-corrected chi connectivity index (χ0v) is 25.0. The molecule has 216 valence electrons. The number of aliphatic hydroxyl groups excluding tert-OH is 1. The third-order valence-corrected chi connectivity index (χ3v) is 9.32. The maximum Gasteiger partial charge on any atom is 0.407 e. The highest BCUT2D eigenvalue weighted by molar-refractivity contribution is 7.13. The fraction of sp³-hybridized carbons (Fsp3) is 0.742. The minimum Gasteiger partial charge on any atom is -0.446 e. The van der Waals surface area contributed by atoms with E-state index in [4.69, 9.17) is 4.74 Å². The smallest absolute Gasteiger partial charge is 0.407 e. The minimum atomic E-state index is -0.322.